The van der Waals surface area contributed by atoms with Crippen LogP contribution in [0.5, 0.6) is 0 Å². The van der Waals surface area contributed by atoms with Crippen molar-refractivity contribution in [2.75, 3.05) is 18.9 Å². The molecule has 5 nitrogen and oxygen atoms in total. The van der Waals surface area contributed by atoms with Crippen LogP contribution < -0.4 is 10.5 Å². The summed E-state index contributed by atoms with van der Waals surface area (Å²) in [5, 5.41) is 0. The van der Waals surface area contributed by atoms with Gasteiger partial charge in [0, 0.05) is 17.1 Å². The Morgan fingerprint density at radius 1 is 1.44 bits per heavy atom. The summed E-state index contributed by atoms with van der Waals surface area (Å²) in [6, 6.07) is 4.55. The molecular weight excluding hydrogens is 320 g/mol. The van der Waals surface area contributed by atoms with Gasteiger partial charge in [-0.1, -0.05) is 15.9 Å². The molecule has 0 amide bonds. The Morgan fingerprint density at radius 2 is 2.22 bits per heavy atom. The molecule has 7 heteroatoms. The van der Waals surface area contributed by atoms with Gasteiger partial charge < -0.3 is 10.5 Å². The fourth-order valence-electron chi connectivity index (χ4n) is 1.88. The van der Waals surface area contributed by atoms with E-state index in [9.17, 15) is 8.42 Å². The Labute approximate surface area is 115 Å². The van der Waals surface area contributed by atoms with Crippen LogP contribution in [0.1, 0.15) is 12.8 Å². The first-order valence-electron chi connectivity index (χ1n) is 5.64. The van der Waals surface area contributed by atoms with Crippen LogP contribution in [-0.2, 0) is 14.8 Å². The molecule has 0 aromatic heterocycles. The van der Waals surface area contributed by atoms with Crippen LogP contribution in [0.15, 0.2) is 27.6 Å². The molecule has 1 fully saturated rings. The summed E-state index contributed by atoms with van der Waals surface area (Å²) in [7, 11) is -3.58. The average Bonchev–Trinajstić information content (AvgIpc) is 2.29. The van der Waals surface area contributed by atoms with Crippen molar-refractivity contribution < 1.29 is 13.2 Å². The van der Waals surface area contributed by atoms with Crippen molar-refractivity contribution in [3.8, 4) is 0 Å². The van der Waals surface area contributed by atoms with E-state index in [1.54, 1.807) is 12.1 Å². The number of hydrogen-bond donors (Lipinski definition) is 2. The van der Waals surface area contributed by atoms with E-state index >= 15 is 0 Å². The molecule has 1 aromatic rings. The number of nitrogen functional groups attached to an aromatic ring is 1. The van der Waals surface area contributed by atoms with Gasteiger partial charge in [-0.3, -0.25) is 0 Å². The number of nitrogens with two attached hydrogens (primary N) is 1. The summed E-state index contributed by atoms with van der Waals surface area (Å²) in [4.78, 5) is 0.108. The van der Waals surface area contributed by atoms with Gasteiger partial charge >= 0.3 is 0 Å². The second-order valence-corrected chi connectivity index (χ2v) is 6.82. The van der Waals surface area contributed by atoms with Crippen molar-refractivity contribution in [3.05, 3.63) is 22.7 Å². The summed E-state index contributed by atoms with van der Waals surface area (Å²) in [5.74, 6) is 0. The number of ether oxygens (including phenoxy) is 1. The van der Waals surface area contributed by atoms with Crippen LogP contribution in [0.25, 0.3) is 0 Å². The lowest BCUT2D eigenvalue weighted by atomic mass is 10.1. The molecule has 1 aliphatic heterocycles. The first-order chi connectivity index (χ1) is 8.49. The average molecular weight is 335 g/mol. The molecule has 1 heterocycles. The third-order valence-corrected chi connectivity index (χ3v) is 4.83. The minimum Gasteiger partial charge on any atom is -0.398 e. The van der Waals surface area contributed by atoms with E-state index in [2.05, 4.69) is 20.7 Å². The van der Waals surface area contributed by atoms with Crippen molar-refractivity contribution in [2.45, 2.75) is 23.8 Å². The summed E-state index contributed by atoms with van der Waals surface area (Å²) in [6.07, 6.45) is 1.65. The van der Waals surface area contributed by atoms with Crippen LogP contribution in [-0.4, -0.2) is 27.7 Å². The van der Waals surface area contributed by atoms with Gasteiger partial charge in [0.2, 0.25) is 10.0 Å². The van der Waals surface area contributed by atoms with Gasteiger partial charge in [-0.05, 0) is 31.0 Å². The van der Waals surface area contributed by atoms with Crippen LogP contribution >= 0.6 is 15.9 Å². The predicted octanol–water partition coefficient (Wildman–Crippen LogP) is 1.49. The number of anilines is 1. The van der Waals surface area contributed by atoms with Crippen molar-refractivity contribution in [1.29, 1.82) is 0 Å². The van der Waals surface area contributed by atoms with Crippen LogP contribution in [0.4, 0.5) is 5.69 Å². The lowest BCUT2D eigenvalue weighted by Gasteiger charge is -2.23. The fraction of sp³-hybridized carbons (Fsp3) is 0.455. The van der Waals surface area contributed by atoms with E-state index in [-0.39, 0.29) is 16.6 Å². The lowest BCUT2D eigenvalue weighted by molar-refractivity contribution is 0.0774. The van der Waals surface area contributed by atoms with Crippen molar-refractivity contribution >= 4 is 31.6 Å². The molecular formula is C11H15BrN2O3S. The summed E-state index contributed by atoms with van der Waals surface area (Å²) >= 11 is 3.25. The highest BCUT2D eigenvalue weighted by atomic mass is 79.9. The molecule has 1 unspecified atom stereocenters. The standard InChI is InChI=1S/C11H15BrN2O3S/c12-8-3-4-11(10(13)6-8)18(15,16)14-9-2-1-5-17-7-9/h3-4,6,9,14H,1-2,5,7,13H2. The minimum absolute atomic E-state index is 0.108. The Balaban J connectivity index is 2.19. The van der Waals surface area contributed by atoms with Crippen LogP contribution in [0.2, 0.25) is 0 Å². The quantitative estimate of drug-likeness (QED) is 0.820. The number of halogens is 1. The number of hydrogen-bond acceptors (Lipinski definition) is 4. The molecule has 0 radical (unpaired) electrons. The highest BCUT2D eigenvalue weighted by Crippen LogP contribution is 2.23. The van der Waals surface area contributed by atoms with E-state index in [1.165, 1.54) is 6.07 Å². The summed E-state index contributed by atoms with van der Waals surface area (Å²) in [5.41, 5.74) is 5.96. The third-order valence-electron chi connectivity index (χ3n) is 2.74. The van der Waals surface area contributed by atoms with Gasteiger partial charge in [0.15, 0.2) is 0 Å². The summed E-state index contributed by atoms with van der Waals surface area (Å²) in [6.45, 7) is 1.11. The molecule has 1 atom stereocenters. The van der Waals surface area contributed by atoms with Crippen molar-refractivity contribution in [2.24, 2.45) is 0 Å². The Morgan fingerprint density at radius 3 is 2.83 bits per heavy atom. The highest BCUT2D eigenvalue weighted by Gasteiger charge is 2.23. The lowest BCUT2D eigenvalue weighted by Crippen LogP contribution is -2.40. The SMILES string of the molecule is Nc1cc(Br)ccc1S(=O)(=O)NC1CCCOC1. The second kappa shape index (κ2) is 5.56. The molecule has 2 rings (SSSR count). The number of benzene rings is 1. The van der Waals surface area contributed by atoms with Gasteiger partial charge in [0.05, 0.1) is 12.3 Å². The van der Waals surface area contributed by atoms with E-state index in [0.717, 1.165) is 17.3 Å². The predicted molar refractivity (Wildman–Crippen MR) is 72.7 cm³/mol. The van der Waals surface area contributed by atoms with Crippen molar-refractivity contribution in [3.63, 3.8) is 0 Å². The number of nitrogens with one attached hydrogen (secondary N) is 1. The largest absolute Gasteiger partial charge is 0.398 e. The minimum atomic E-state index is -3.58. The highest BCUT2D eigenvalue weighted by molar-refractivity contribution is 9.10. The zero-order valence-corrected chi connectivity index (χ0v) is 12.1. The Kier molecular flexibility index (Phi) is 4.26. The van der Waals surface area contributed by atoms with E-state index in [4.69, 9.17) is 10.5 Å². The second-order valence-electron chi connectivity index (χ2n) is 4.22. The van der Waals surface area contributed by atoms with Gasteiger partial charge in [-0.15, -0.1) is 0 Å². The van der Waals surface area contributed by atoms with E-state index in [0.29, 0.717) is 13.2 Å². The molecule has 3 N–H and O–H groups in total. The molecule has 0 spiro atoms. The van der Waals surface area contributed by atoms with Crippen LogP contribution in [0, 0.1) is 0 Å². The van der Waals surface area contributed by atoms with Crippen LogP contribution in [0.3, 0.4) is 0 Å². The smallest absolute Gasteiger partial charge is 0.242 e. The zero-order chi connectivity index (χ0) is 13.2. The van der Waals surface area contributed by atoms with Gasteiger partial charge in [-0.2, -0.15) is 0 Å². The zero-order valence-electron chi connectivity index (χ0n) is 9.73. The van der Waals surface area contributed by atoms with E-state index in [1.807, 2.05) is 0 Å². The van der Waals surface area contributed by atoms with Gasteiger partial charge in [-0.25, -0.2) is 13.1 Å². The molecule has 1 saturated heterocycles. The first kappa shape index (κ1) is 13.8. The number of rotatable bonds is 3. The topological polar surface area (TPSA) is 81.4 Å². The molecule has 100 valence electrons. The maximum absolute atomic E-state index is 12.2. The molecule has 1 aliphatic rings. The Bertz CT molecular complexity index is 527. The first-order valence-corrected chi connectivity index (χ1v) is 7.92. The maximum Gasteiger partial charge on any atom is 0.242 e. The Hall–Kier alpha value is -0.630. The summed E-state index contributed by atoms with van der Waals surface area (Å²) < 4.78 is 33.0. The molecule has 18 heavy (non-hydrogen) atoms. The van der Waals surface area contributed by atoms with Gasteiger partial charge in [0.25, 0.3) is 0 Å². The molecule has 0 bridgehead atoms. The van der Waals surface area contributed by atoms with Gasteiger partial charge in [0.1, 0.15) is 4.90 Å². The molecule has 1 aromatic carbocycles. The normalized spacial score (nSPS) is 20.8. The molecule has 0 saturated carbocycles. The maximum atomic E-state index is 12.2. The third kappa shape index (κ3) is 3.23. The molecule has 0 aliphatic carbocycles. The number of sulfonamides is 1. The van der Waals surface area contributed by atoms with E-state index < -0.39 is 10.0 Å². The fourth-order valence-corrected chi connectivity index (χ4v) is 3.63. The van der Waals surface area contributed by atoms with Crippen molar-refractivity contribution in [1.82, 2.24) is 4.72 Å². The monoisotopic (exact) mass is 334 g/mol.